The number of aliphatic carboxylic acids is 1. The van der Waals surface area contributed by atoms with Crippen molar-refractivity contribution < 1.29 is 30.7 Å². The van der Waals surface area contributed by atoms with E-state index in [1.165, 1.54) is 0 Å². The van der Waals surface area contributed by atoms with Gasteiger partial charge in [0.05, 0.1) is 5.48 Å². The lowest BCUT2D eigenvalue weighted by atomic mass is 10.0. The number of phenols is 2. The molecule has 1 aromatic rings. The molecule has 0 aliphatic carbocycles. The van der Waals surface area contributed by atoms with E-state index in [2.05, 4.69) is 0 Å². The first-order chi connectivity index (χ1) is 8.53. The van der Waals surface area contributed by atoms with Gasteiger partial charge < -0.3 is 26.2 Å². The summed E-state index contributed by atoms with van der Waals surface area (Å²) in [5.41, 5.74) is 4.12. The molecule has 0 saturated carbocycles. The van der Waals surface area contributed by atoms with Gasteiger partial charge in [0.2, 0.25) is 0 Å². The van der Waals surface area contributed by atoms with Gasteiger partial charge in [-0.3, -0.25) is 4.79 Å². The van der Waals surface area contributed by atoms with E-state index in [-0.39, 0.29) is 0 Å². The summed E-state index contributed by atoms with van der Waals surface area (Å²) < 4.78 is 29.6. The molecule has 0 saturated heterocycles. The maximum atomic E-state index is 10.7. The Morgan fingerprint density at radius 1 is 1.47 bits per heavy atom. The van der Waals surface area contributed by atoms with E-state index in [1.54, 1.807) is 0 Å². The second kappa shape index (κ2) is 4.16. The third-order valence-electron chi connectivity index (χ3n) is 1.59. The quantitative estimate of drug-likeness (QED) is 0.436. The van der Waals surface area contributed by atoms with Gasteiger partial charge in [0.25, 0.3) is 0 Å². The summed E-state index contributed by atoms with van der Waals surface area (Å²) in [5, 5.41) is 37.0. The highest BCUT2D eigenvalue weighted by molar-refractivity contribution is 5.74. The number of hydrogen-bond donors (Lipinski definition) is 5. The van der Waals surface area contributed by atoms with E-state index in [1.807, 2.05) is 0 Å². The summed E-state index contributed by atoms with van der Waals surface area (Å²) in [4.78, 5) is 10.7. The van der Waals surface area contributed by atoms with Gasteiger partial charge in [0, 0.05) is 0 Å². The topological polar surface area (TPSA) is 124 Å². The van der Waals surface area contributed by atoms with Gasteiger partial charge in [-0.2, -0.15) is 0 Å². The molecule has 2 atom stereocenters. The molecule has 6 nitrogen and oxygen atoms in total. The molecule has 82 valence electrons. The van der Waals surface area contributed by atoms with Crippen LogP contribution in [0.2, 0.25) is 0 Å². The second-order valence-electron chi connectivity index (χ2n) is 2.65. The summed E-state index contributed by atoms with van der Waals surface area (Å²) in [5.74, 6) is -3.98. The highest BCUT2D eigenvalue weighted by Gasteiger charge is 2.24. The number of nitrogens with two attached hydrogens (primary N) is 1. The van der Waals surface area contributed by atoms with E-state index in [0.717, 1.165) is 0 Å². The monoisotopic (exact) mass is 217 g/mol. The highest BCUT2D eigenvalue weighted by atomic mass is 16.4. The van der Waals surface area contributed by atoms with Crippen LogP contribution < -0.4 is 5.73 Å². The van der Waals surface area contributed by atoms with E-state index in [0.29, 0.717) is 0 Å². The second-order valence-corrected chi connectivity index (χ2v) is 2.65. The average molecular weight is 217 g/mol. The fourth-order valence-corrected chi connectivity index (χ4v) is 0.790. The standard InChI is InChI=1S/C9H11NO5/c10-7(9(14)15)8(13)4-1-2-5(11)6(12)3-4/h1-3,7-8,11-13H,10H2,(H,14,15)/t7-,8+/m0/s1/i1D,2D,3D,8D. The van der Waals surface area contributed by atoms with Crippen LogP contribution in [0.4, 0.5) is 0 Å². The molecule has 1 aromatic carbocycles. The SMILES string of the molecule is [2H]c1c([2H])c([C@@]([2H])(O)[C@H](N)C(=O)O)c([2H])c(O)c1O. The van der Waals surface area contributed by atoms with Crippen LogP contribution in [0.3, 0.4) is 0 Å². The molecule has 0 aliphatic heterocycles. The number of rotatable bonds is 3. The maximum Gasteiger partial charge on any atom is 0.323 e. The van der Waals surface area contributed by atoms with Crippen molar-refractivity contribution in [2.75, 3.05) is 0 Å². The molecule has 0 aromatic heterocycles. The lowest BCUT2D eigenvalue weighted by Crippen LogP contribution is -2.36. The number of carboxylic acids is 1. The Kier molecular flexibility index (Phi) is 1.84. The number of hydrogen-bond acceptors (Lipinski definition) is 5. The molecule has 0 amide bonds. The molecule has 0 spiro atoms. The van der Waals surface area contributed by atoms with Gasteiger partial charge >= 0.3 is 5.97 Å². The van der Waals surface area contributed by atoms with E-state index < -0.39 is 53.3 Å². The van der Waals surface area contributed by atoms with Crippen molar-refractivity contribution in [2.24, 2.45) is 5.73 Å². The van der Waals surface area contributed by atoms with Crippen LogP contribution in [0.15, 0.2) is 18.1 Å². The van der Waals surface area contributed by atoms with Crippen molar-refractivity contribution in [3.63, 3.8) is 0 Å². The van der Waals surface area contributed by atoms with Crippen molar-refractivity contribution >= 4 is 5.97 Å². The number of phenolic OH excluding ortho intramolecular Hbond substituents is 2. The summed E-state index contributed by atoms with van der Waals surface area (Å²) in [6.45, 7) is 0. The number of aliphatic hydroxyl groups is 1. The lowest BCUT2D eigenvalue weighted by Gasteiger charge is -2.15. The minimum Gasteiger partial charge on any atom is -0.504 e. The Balaban J connectivity index is 3.64. The Labute approximate surface area is 90.8 Å². The van der Waals surface area contributed by atoms with Crippen LogP contribution in [0.25, 0.3) is 0 Å². The lowest BCUT2D eigenvalue weighted by molar-refractivity contribution is -0.141. The van der Waals surface area contributed by atoms with Gasteiger partial charge in [-0.15, -0.1) is 0 Å². The zero-order chi connectivity index (χ0) is 15.1. The summed E-state index contributed by atoms with van der Waals surface area (Å²) in [6.07, 6.45) is -3.11. The molecular weight excluding hydrogens is 202 g/mol. The average Bonchev–Trinajstić information content (AvgIpc) is 2.32. The zero-order valence-electron chi connectivity index (χ0n) is 11.4. The fraction of sp³-hybridized carbons (Fsp3) is 0.222. The number of benzene rings is 1. The van der Waals surface area contributed by atoms with Crippen LogP contribution in [-0.2, 0) is 4.79 Å². The van der Waals surface area contributed by atoms with Crippen molar-refractivity contribution in [3.05, 3.63) is 23.7 Å². The molecule has 0 heterocycles. The minimum atomic E-state index is -3.11. The van der Waals surface area contributed by atoms with Crippen LogP contribution in [-0.4, -0.2) is 32.4 Å². The third kappa shape index (κ3) is 2.36. The van der Waals surface area contributed by atoms with E-state index >= 15 is 0 Å². The molecule has 6 N–H and O–H groups in total. The molecule has 15 heavy (non-hydrogen) atoms. The normalized spacial score (nSPS) is 20.4. The zero-order valence-corrected chi connectivity index (χ0v) is 7.35. The van der Waals surface area contributed by atoms with Crippen molar-refractivity contribution in [3.8, 4) is 11.5 Å². The Hall–Kier alpha value is -1.79. The molecule has 0 unspecified atom stereocenters. The molecule has 0 aliphatic rings. The first-order valence-electron chi connectivity index (χ1n) is 5.76. The highest BCUT2D eigenvalue weighted by Crippen LogP contribution is 2.28. The van der Waals surface area contributed by atoms with Gasteiger partial charge in [-0.1, -0.05) is 6.04 Å². The van der Waals surface area contributed by atoms with Gasteiger partial charge in [-0.25, -0.2) is 0 Å². The van der Waals surface area contributed by atoms with Crippen molar-refractivity contribution in [2.45, 2.75) is 12.1 Å². The molecule has 0 radical (unpaired) electrons. The number of carbonyl (C=O) groups is 1. The van der Waals surface area contributed by atoms with Crippen LogP contribution in [0.5, 0.6) is 11.5 Å². The van der Waals surface area contributed by atoms with E-state index in [4.69, 9.17) is 16.3 Å². The Morgan fingerprint density at radius 2 is 2.07 bits per heavy atom. The third-order valence-corrected chi connectivity index (χ3v) is 1.59. The predicted molar refractivity (Wildman–Crippen MR) is 50.3 cm³/mol. The number of aromatic hydroxyl groups is 2. The molecule has 1 rings (SSSR count). The first-order valence-corrected chi connectivity index (χ1v) is 3.76. The Bertz CT molecular complexity index is 519. The molecule has 6 heteroatoms. The Morgan fingerprint density at radius 3 is 2.60 bits per heavy atom. The van der Waals surface area contributed by atoms with Crippen molar-refractivity contribution in [1.82, 2.24) is 0 Å². The van der Waals surface area contributed by atoms with Gasteiger partial charge in [-0.05, 0) is 17.6 Å². The van der Waals surface area contributed by atoms with Crippen LogP contribution in [0.1, 0.15) is 17.1 Å². The smallest absolute Gasteiger partial charge is 0.323 e. The molecule has 0 fully saturated rings. The van der Waals surface area contributed by atoms with E-state index in [9.17, 15) is 20.1 Å². The first kappa shape index (κ1) is 6.65. The predicted octanol–water partition coefficient (Wildman–Crippen LogP) is -0.457. The van der Waals surface area contributed by atoms with Gasteiger partial charge in [0.15, 0.2) is 11.5 Å². The largest absolute Gasteiger partial charge is 0.504 e. The summed E-state index contributed by atoms with van der Waals surface area (Å²) >= 11 is 0. The fourth-order valence-electron chi connectivity index (χ4n) is 0.790. The minimum absolute atomic E-state index is 0.952. The van der Waals surface area contributed by atoms with Gasteiger partial charge in [0.1, 0.15) is 12.1 Å². The molecule has 0 bridgehead atoms. The summed E-state index contributed by atoms with van der Waals surface area (Å²) in [6, 6.07) is -5.15. The summed E-state index contributed by atoms with van der Waals surface area (Å²) in [7, 11) is 0. The maximum absolute atomic E-state index is 10.7. The van der Waals surface area contributed by atoms with Crippen LogP contribution >= 0.6 is 0 Å². The van der Waals surface area contributed by atoms with Crippen molar-refractivity contribution in [1.29, 1.82) is 0 Å². The molecular formula is C9H11NO5. The van der Waals surface area contributed by atoms with Crippen LogP contribution in [0, 0.1) is 0 Å². The number of carboxylic acid groups (broad SMARTS) is 1.